The van der Waals surface area contributed by atoms with Gasteiger partial charge in [-0.05, 0) is 71.7 Å². The minimum Gasteiger partial charge on any atom is -0.248 e. The lowest BCUT2D eigenvalue weighted by Crippen LogP contribution is -1.90. The normalized spacial score (nSPS) is 12.5. The van der Waals surface area contributed by atoms with E-state index in [0.29, 0.717) is 6.42 Å². The molecular formula is C26H27F. The van der Waals surface area contributed by atoms with E-state index in [2.05, 4.69) is 79.4 Å². The number of rotatable bonds is 8. The maximum absolute atomic E-state index is 12.8. The molecule has 0 aliphatic carbocycles. The highest BCUT2D eigenvalue weighted by Crippen LogP contribution is 2.26. The Morgan fingerprint density at radius 1 is 0.926 bits per heavy atom. The Hall–Kier alpha value is -2.67. The summed E-state index contributed by atoms with van der Waals surface area (Å²) in [6.45, 7) is 5.43. The Morgan fingerprint density at radius 3 is 2.37 bits per heavy atom. The number of fused-ring (bicyclic) bond motifs is 1. The van der Waals surface area contributed by atoms with Crippen LogP contribution in [0.3, 0.4) is 0 Å². The number of halogens is 1. The van der Waals surface area contributed by atoms with Crippen molar-refractivity contribution in [1.29, 1.82) is 0 Å². The Bertz CT molecular complexity index is 917. The average molecular weight is 358 g/mol. The van der Waals surface area contributed by atoms with Crippen molar-refractivity contribution >= 4 is 16.8 Å². The molecular weight excluding hydrogens is 331 g/mol. The molecule has 0 saturated carbocycles. The maximum atomic E-state index is 12.8. The van der Waals surface area contributed by atoms with Gasteiger partial charge >= 0.3 is 0 Å². The molecule has 0 aromatic heterocycles. The first-order valence-corrected chi connectivity index (χ1v) is 9.70. The van der Waals surface area contributed by atoms with E-state index < -0.39 is 6.17 Å². The summed E-state index contributed by atoms with van der Waals surface area (Å²) in [7, 11) is 0. The van der Waals surface area contributed by atoms with E-state index >= 15 is 0 Å². The van der Waals surface area contributed by atoms with Gasteiger partial charge in [0.1, 0.15) is 0 Å². The Morgan fingerprint density at radius 2 is 1.63 bits per heavy atom. The molecule has 1 atom stereocenters. The van der Waals surface area contributed by atoms with Crippen LogP contribution in [-0.4, -0.2) is 6.17 Å². The molecule has 0 nitrogen and oxygen atoms in total. The summed E-state index contributed by atoms with van der Waals surface area (Å²) in [4.78, 5) is 0. The molecule has 0 aliphatic rings. The van der Waals surface area contributed by atoms with Crippen LogP contribution in [0.1, 0.15) is 37.3 Å². The van der Waals surface area contributed by atoms with Crippen molar-refractivity contribution in [3.8, 4) is 11.1 Å². The zero-order chi connectivity index (χ0) is 19.1. The summed E-state index contributed by atoms with van der Waals surface area (Å²) < 4.78 is 12.8. The molecule has 138 valence electrons. The first kappa shape index (κ1) is 19.1. The third kappa shape index (κ3) is 5.40. The van der Waals surface area contributed by atoms with Gasteiger partial charge in [0.15, 0.2) is 0 Å². The SMILES string of the molecule is C=CCc1ccc2cc(-c3ccc(C=CCCCC(C)F)cc3)ccc2c1. The van der Waals surface area contributed by atoms with Gasteiger partial charge in [0.05, 0.1) is 6.17 Å². The van der Waals surface area contributed by atoms with E-state index in [0.717, 1.165) is 19.3 Å². The summed E-state index contributed by atoms with van der Waals surface area (Å²) in [5, 5.41) is 2.52. The van der Waals surface area contributed by atoms with Crippen molar-refractivity contribution in [1.82, 2.24) is 0 Å². The van der Waals surface area contributed by atoms with Crippen LogP contribution in [0.2, 0.25) is 0 Å². The summed E-state index contributed by atoms with van der Waals surface area (Å²) in [6.07, 6.45) is 8.86. The molecule has 0 radical (unpaired) electrons. The van der Waals surface area contributed by atoms with Crippen molar-refractivity contribution in [3.63, 3.8) is 0 Å². The van der Waals surface area contributed by atoms with Crippen molar-refractivity contribution < 1.29 is 4.39 Å². The number of allylic oxidation sites excluding steroid dienone is 2. The molecule has 0 saturated heterocycles. The van der Waals surface area contributed by atoms with Gasteiger partial charge in [-0.15, -0.1) is 6.58 Å². The summed E-state index contributed by atoms with van der Waals surface area (Å²) in [6, 6.07) is 21.8. The molecule has 0 bridgehead atoms. The average Bonchev–Trinajstić information content (AvgIpc) is 2.68. The fourth-order valence-electron chi connectivity index (χ4n) is 3.29. The van der Waals surface area contributed by atoms with Crippen LogP contribution in [-0.2, 0) is 6.42 Å². The Kier molecular flexibility index (Phi) is 6.59. The van der Waals surface area contributed by atoms with Gasteiger partial charge in [-0.1, -0.05) is 72.8 Å². The van der Waals surface area contributed by atoms with Crippen molar-refractivity contribution in [2.45, 2.75) is 38.8 Å². The predicted molar refractivity (Wildman–Crippen MR) is 117 cm³/mol. The van der Waals surface area contributed by atoms with E-state index in [1.54, 1.807) is 6.92 Å². The fourth-order valence-corrected chi connectivity index (χ4v) is 3.29. The van der Waals surface area contributed by atoms with Crippen molar-refractivity contribution in [2.24, 2.45) is 0 Å². The molecule has 0 aliphatic heterocycles. The van der Waals surface area contributed by atoms with Gasteiger partial charge in [-0.3, -0.25) is 0 Å². The molecule has 0 spiro atoms. The van der Waals surface area contributed by atoms with E-state index in [4.69, 9.17) is 0 Å². The molecule has 0 amide bonds. The predicted octanol–water partition coefficient (Wildman–Crippen LogP) is 7.78. The van der Waals surface area contributed by atoms with Crippen molar-refractivity contribution in [2.75, 3.05) is 0 Å². The van der Waals surface area contributed by atoms with Gasteiger partial charge < -0.3 is 0 Å². The van der Waals surface area contributed by atoms with Gasteiger partial charge in [-0.2, -0.15) is 0 Å². The monoisotopic (exact) mass is 358 g/mol. The number of alkyl halides is 1. The van der Waals surface area contributed by atoms with Crippen LogP contribution in [0.25, 0.3) is 28.0 Å². The first-order chi connectivity index (χ1) is 13.2. The van der Waals surface area contributed by atoms with Gasteiger partial charge in [0, 0.05) is 0 Å². The molecule has 1 unspecified atom stereocenters. The third-order valence-corrected chi connectivity index (χ3v) is 4.81. The molecule has 0 heterocycles. The Balaban J connectivity index is 1.70. The molecule has 3 rings (SSSR count). The van der Waals surface area contributed by atoms with Crippen LogP contribution >= 0.6 is 0 Å². The molecule has 0 N–H and O–H groups in total. The van der Waals surface area contributed by atoms with Crippen LogP contribution in [0.15, 0.2) is 79.4 Å². The highest BCUT2D eigenvalue weighted by Gasteiger charge is 2.01. The molecule has 3 aromatic carbocycles. The lowest BCUT2D eigenvalue weighted by atomic mass is 9.98. The van der Waals surface area contributed by atoms with Crippen LogP contribution in [0, 0.1) is 0 Å². The molecule has 1 heteroatoms. The molecule has 27 heavy (non-hydrogen) atoms. The number of unbranched alkanes of at least 4 members (excludes halogenated alkanes) is 1. The second-order valence-electron chi connectivity index (χ2n) is 7.13. The van der Waals surface area contributed by atoms with Gasteiger partial charge in [-0.25, -0.2) is 4.39 Å². The van der Waals surface area contributed by atoms with Crippen molar-refractivity contribution in [3.05, 3.63) is 90.5 Å². The zero-order valence-electron chi connectivity index (χ0n) is 16.0. The maximum Gasteiger partial charge on any atom is 0.0973 e. The van der Waals surface area contributed by atoms with E-state index in [1.165, 1.54) is 33.0 Å². The number of benzene rings is 3. The molecule has 0 fully saturated rings. The minimum atomic E-state index is -0.701. The van der Waals surface area contributed by atoms with Gasteiger partial charge in [0.25, 0.3) is 0 Å². The fraction of sp³-hybridized carbons (Fsp3) is 0.231. The largest absolute Gasteiger partial charge is 0.248 e. The lowest BCUT2D eigenvalue weighted by molar-refractivity contribution is 0.335. The smallest absolute Gasteiger partial charge is 0.0973 e. The quantitative estimate of drug-likeness (QED) is 0.285. The number of hydrogen-bond acceptors (Lipinski definition) is 0. The van der Waals surface area contributed by atoms with E-state index in [1.807, 2.05) is 6.08 Å². The Labute approximate surface area is 162 Å². The highest BCUT2D eigenvalue weighted by atomic mass is 19.1. The standard InChI is InChI=1S/C26H27F/c1-3-7-22-12-15-26-19-25(17-16-24(26)18-22)23-13-10-21(11-14-23)9-6-4-5-8-20(2)27/h3,6,9-20H,1,4-5,7-8H2,2H3. The first-order valence-electron chi connectivity index (χ1n) is 9.70. The third-order valence-electron chi connectivity index (χ3n) is 4.81. The lowest BCUT2D eigenvalue weighted by Gasteiger charge is -2.06. The van der Waals surface area contributed by atoms with Crippen LogP contribution < -0.4 is 0 Å². The minimum absolute atomic E-state index is 0.639. The highest BCUT2D eigenvalue weighted by molar-refractivity contribution is 5.88. The van der Waals surface area contributed by atoms with E-state index in [-0.39, 0.29) is 0 Å². The van der Waals surface area contributed by atoms with E-state index in [9.17, 15) is 4.39 Å². The molecule has 3 aromatic rings. The topological polar surface area (TPSA) is 0 Å². The summed E-state index contributed by atoms with van der Waals surface area (Å²) in [5.41, 5.74) is 4.92. The second-order valence-corrected chi connectivity index (χ2v) is 7.13. The summed E-state index contributed by atoms with van der Waals surface area (Å²) >= 11 is 0. The van der Waals surface area contributed by atoms with Gasteiger partial charge in [0.2, 0.25) is 0 Å². The van der Waals surface area contributed by atoms with Crippen LogP contribution in [0.5, 0.6) is 0 Å². The second kappa shape index (κ2) is 9.32. The van der Waals surface area contributed by atoms with Crippen LogP contribution in [0.4, 0.5) is 4.39 Å². The summed E-state index contributed by atoms with van der Waals surface area (Å²) in [5.74, 6) is 0. The zero-order valence-corrected chi connectivity index (χ0v) is 16.0. The number of hydrogen-bond donors (Lipinski definition) is 0.